The minimum Gasteiger partial charge on any atom is -0.492 e. The molecule has 7 heteroatoms. The molecule has 0 atom stereocenters. The quantitative estimate of drug-likeness (QED) is 0.780. The van der Waals surface area contributed by atoms with Gasteiger partial charge in [0.15, 0.2) is 0 Å². The largest absolute Gasteiger partial charge is 0.492 e. The van der Waals surface area contributed by atoms with Gasteiger partial charge in [-0.2, -0.15) is 0 Å². The monoisotopic (exact) mass is 407 g/mol. The zero-order chi connectivity index (χ0) is 19.2. The number of hydrogen-bond donors (Lipinski definition) is 1. The number of hydrogen-bond acceptors (Lipinski definition) is 4. The van der Waals surface area contributed by atoms with Crippen LogP contribution in [0.4, 0.5) is 11.4 Å². The highest BCUT2D eigenvalue weighted by atomic mass is 35.5. The molecule has 1 amide bonds. The summed E-state index contributed by atoms with van der Waals surface area (Å²) in [5, 5.41) is 3.86. The van der Waals surface area contributed by atoms with Crippen LogP contribution in [0.2, 0.25) is 10.0 Å². The van der Waals surface area contributed by atoms with Gasteiger partial charge in [0.1, 0.15) is 5.75 Å². The second-order valence-corrected chi connectivity index (χ2v) is 7.24. The van der Waals surface area contributed by atoms with Crippen LogP contribution >= 0.6 is 23.2 Å². The number of halogens is 2. The van der Waals surface area contributed by atoms with Crippen LogP contribution in [-0.2, 0) is 4.79 Å². The molecule has 2 aromatic carbocycles. The van der Waals surface area contributed by atoms with Crippen molar-refractivity contribution in [1.82, 2.24) is 4.90 Å². The molecule has 1 aliphatic rings. The zero-order valence-corrected chi connectivity index (χ0v) is 16.8. The van der Waals surface area contributed by atoms with Crippen molar-refractivity contribution in [2.45, 2.75) is 6.92 Å². The summed E-state index contributed by atoms with van der Waals surface area (Å²) >= 11 is 11.9. The van der Waals surface area contributed by atoms with E-state index < -0.39 is 0 Å². The van der Waals surface area contributed by atoms with Crippen LogP contribution in [0.25, 0.3) is 0 Å². The van der Waals surface area contributed by atoms with Crippen molar-refractivity contribution in [3.05, 3.63) is 52.5 Å². The maximum absolute atomic E-state index is 12.3. The maximum atomic E-state index is 12.3. The van der Waals surface area contributed by atoms with Gasteiger partial charge in [0, 0.05) is 41.9 Å². The molecule has 1 heterocycles. The first-order chi connectivity index (χ1) is 13.0. The number of para-hydroxylation sites is 2. The van der Waals surface area contributed by atoms with Gasteiger partial charge in [0.25, 0.3) is 0 Å². The van der Waals surface area contributed by atoms with Crippen molar-refractivity contribution in [3.8, 4) is 5.75 Å². The van der Waals surface area contributed by atoms with E-state index >= 15 is 0 Å². The molecule has 0 aliphatic carbocycles. The Balaban J connectivity index is 1.53. The lowest BCUT2D eigenvalue weighted by molar-refractivity contribution is -0.117. The van der Waals surface area contributed by atoms with E-state index in [4.69, 9.17) is 27.9 Å². The number of amides is 1. The molecular formula is C20H23Cl2N3O2. The van der Waals surface area contributed by atoms with Gasteiger partial charge in [-0.1, -0.05) is 35.3 Å². The Labute approximate surface area is 169 Å². The number of benzene rings is 2. The topological polar surface area (TPSA) is 44.8 Å². The highest BCUT2D eigenvalue weighted by Gasteiger charge is 2.21. The Morgan fingerprint density at radius 1 is 1.07 bits per heavy atom. The lowest BCUT2D eigenvalue weighted by Crippen LogP contribution is -2.48. The van der Waals surface area contributed by atoms with Crippen LogP contribution in [0.3, 0.4) is 0 Å². The summed E-state index contributed by atoms with van der Waals surface area (Å²) in [4.78, 5) is 16.8. The Kier molecular flexibility index (Phi) is 6.83. The van der Waals surface area contributed by atoms with Crippen LogP contribution < -0.4 is 15.0 Å². The number of anilines is 2. The van der Waals surface area contributed by atoms with Crippen molar-refractivity contribution < 1.29 is 9.53 Å². The summed E-state index contributed by atoms with van der Waals surface area (Å²) in [6, 6.07) is 13.1. The Morgan fingerprint density at radius 2 is 1.74 bits per heavy atom. The average Bonchev–Trinajstić information content (AvgIpc) is 2.62. The smallest absolute Gasteiger partial charge is 0.238 e. The zero-order valence-electron chi connectivity index (χ0n) is 15.3. The average molecular weight is 408 g/mol. The van der Waals surface area contributed by atoms with Crippen molar-refractivity contribution in [1.29, 1.82) is 0 Å². The van der Waals surface area contributed by atoms with Crippen LogP contribution in [0.1, 0.15) is 6.92 Å². The van der Waals surface area contributed by atoms with E-state index in [1.165, 1.54) is 0 Å². The Bertz CT molecular complexity index is 772. The van der Waals surface area contributed by atoms with E-state index in [0.29, 0.717) is 28.9 Å². The molecule has 1 aliphatic heterocycles. The molecule has 1 N–H and O–H groups in total. The predicted molar refractivity (Wildman–Crippen MR) is 111 cm³/mol. The van der Waals surface area contributed by atoms with Gasteiger partial charge in [0.2, 0.25) is 5.91 Å². The predicted octanol–water partition coefficient (Wildman–Crippen LogP) is 4.15. The molecular weight excluding hydrogens is 385 g/mol. The lowest BCUT2D eigenvalue weighted by Gasteiger charge is -2.36. The number of rotatable bonds is 6. The first-order valence-electron chi connectivity index (χ1n) is 9.00. The highest BCUT2D eigenvalue weighted by Crippen LogP contribution is 2.28. The van der Waals surface area contributed by atoms with E-state index in [0.717, 1.165) is 37.6 Å². The van der Waals surface area contributed by atoms with E-state index in [1.54, 1.807) is 18.2 Å². The van der Waals surface area contributed by atoms with Crippen molar-refractivity contribution >= 4 is 40.5 Å². The van der Waals surface area contributed by atoms with Crippen molar-refractivity contribution in [2.24, 2.45) is 0 Å². The maximum Gasteiger partial charge on any atom is 0.238 e. The number of nitrogens with one attached hydrogen (secondary N) is 1. The van der Waals surface area contributed by atoms with Gasteiger partial charge >= 0.3 is 0 Å². The third-order valence-electron chi connectivity index (χ3n) is 4.39. The van der Waals surface area contributed by atoms with Gasteiger partial charge in [-0.3, -0.25) is 9.69 Å². The summed E-state index contributed by atoms with van der Waals surface area (Å²) in [6.45, 7) is 6.28. The summed E-state index contributed by atoms with van der Waals surface area (Å²) < 4.78 is 5.73. The summed E-state index contributed by atoms with van der Waals surface area (Å²) in [5.74, 6) is 0.834. The molecule has 5 nitrogen and oxygen atoms in total. The van der Waals surface area contributed by atoms with Crippen LogP contribution in [-0.4, -0.2) is 50.1 Å². The van der Waals surface area contributed by atoms with Gasteiger partial charge in [0.05, 0.1) is 18.8 Å². The van der Waals surface area contributed by atoms with E-state index in [1.807, 2.05) is 25.1 Å². The van der Waals surface area contributed by atoms with E-state index in [-0.39, 0.29) is 5.91 Å². The number of carbonyl (C=O) groups is 1. The minimum atomic E-state index is -0.0727. The summed E-state index contributed by atoms with van der Waals surface area (Å²) in [7, 11) is 0. The standard InChI is InChI=1S/C20H23Cl2N3O2/c1-2-27-19-6-4-3-5-18(19)25-9-7-24(8-10-25)14-20(26)23-17-12-15(21)11-16(22)13-17/h3-6,11-13H,2,7-10,14H2,1H3,(H,23,26). The van der Waals surface area contributed by atoms with Crippen LogP contribution in [0.15, 0.2) is 42.5 Å². The molecule has 3 rings (SSSR count). The third-order valence-corrected chi connectivity index (χ3v) is 4.83. The van der Waals surface area contributed by atoms with Crippen LogP contribution in [0, 0.1) is 0 Å². The molecule has 0 unspecified atom stereocenters. The fourth-order valence-electron chi connectivity index (χ4n) is 3.17. The first kappa shape index (κ1) is 19.8. The highest BCUT2D eigenvalue weighted by molar-refractivity contribution is 6.35. The second-order valence-electron chi connectivity index (χ2n) is 6.37. The first-order valence-corrected chi connectivity index (χ1v) is 9.76. The molecule has 2 aromatic rings. The number of ether oxygens (including phenoxy) is 1. The molecule has 0 radical (unpaired) electrons. The Morgan fingerprint density at radius 3 is 2.41 bits per heavy atom. The molecule has 144 valence electrons. The fraction of sp³-hybridized carbons (Fsp3) is 0.350. The fourth-order valence-corrected chi connectivity index (χ4v) is 3.70. The number of nitrogens with zero attached hydrogens (tertiary/aromatic N) is 2. The van der Waals surface area contributed by atoms with Gasteiger partial charge < -0.3 is 15.0 Å². The van der Waals surface area contributed by atoms with Gasteiger partial charge in [-0.25, -0.2) is 0 Å². The molecule has 1 saturated heterocycles. The molecule has 0 bridgehead atoms. The van der Waals surface area contributed by atoms with Crippen molar-refractivity contribution in [2.75, 3.05) is 49.5 Å². The number of carbonyl (C=O) groups excluding carboxylic acids is 1. The third kappa shape index (κ3) is 5.51. The van der Waals surface area contributed by atoms with E-state index in [2.05, 4.69) is 21.2 Å². The SMILES string of the molecule is CCOc1ccccc1N1CCN(CC(=O)Nc2cc(Cl)cc(Cl)c2)CC1. The summed E-state index contributed by atoms with van der Waals surface area (Å²) in [6.07, 6.45) is 0. The van der Waals surface area contributed by atoms with Gasteiger partial charge in [-0.15, -0.1) is 0 Å². The molecule has 27 heavy (non-hydrogen) atoms. The molecule has 0 aromatic heterocycles. The van der Waals surface area contributed by atoms with Crippen LogP contribution in [0.5, 0.6) is 5.75 Å². The van der Waals surface area contributed by atoms with E-state index in [9.17, 15) is 4.79 Å². The molecule has 0 spiro atoms. The number of piperazine rings is 1. The molecule has 1 fully saturated rings. The lowest BCUT2D eigenvalue weighted by atomic mass is 10.2. The molecule has 0 saturated carbocycles. The second kappa shape index (κ2) is 9.31. The van der Waals surface area contributed by atoms with Crippen molar-refractivity contribution in [3.63, 3.8) is 0 Å². The summed E-state index contributed by atoms with van der Waals surface area (Å²) in [5.41, 5.74) is 1.72. The normalized spacial score (nSPS) is 14.9. The minimum absolute atomic E-state index is 0.0727. The Hall–Kier alpha value is -1.95. The van der Waals surface area contributed by atoms with Gasteiger partial charge in [-0.05, 0) is 37.3 Å².